The number of hydrogen-bond donors (Lipinski definition) is 1. The van der Waals surface area contributed by atoms with E-state index in [-0.39, 0.29) is 0 Å². The van der Waals surface area contributed by atoms with Crippen molar-refractivity contribution >= 4 is 28.5 Å². The SMILES string of the molecule is CCCc1nc(COc2cccc(C)c2)sc1C(N)=S. The molecular formula is C15H18N2OS2. The van der Waals surface area contributed by atoms with Crippen LogP contribution < -0.4 is 10.5 Å². The molecule has 0 aliphatic carbocycles. The standard InChI is InChI=1S/C15H18N2OS2/c1-3-5-12-14(15(16)19)20-13(17-12)9-18-11-7-4-6-10(2)8-11/h4,6-8H,3,5,9H2,1-2H3,(H2,16,19). The van der Waals surface area contributed by atoms with Crippen molar-refractivity contribution in [1.29, 1.82) is 0 Å². The van der Waals surface area contributed by atoms with E-state index < -0.39 is 0 Å². The average molecular weight is 306 g/mol. The summed E-state index contributed by atoms with van der Waals surface area (Å²) in [6.45, 7) is 4.61. The largest absolute Gasteiger partial charge is 0.486 e. The maximum atomic E-state index is 5.76. The number of hydrogen-bond acceptors (Lipinski definition) is 4. The highest BCUT2D eigenvalue weighted by atomic mass is 32.1. The van der Waals surface area contributed by atoms with Gasteiger partial charge in [-0.15, -0.1) is 11.3 Å². The molecule has 0 atom stereocenters. The average Bonchev–Trinajstić information content (AvgIpc) is 2.80. The fourth-order valence-corrected chi connectivity index (χ4v) is 3.03. The molecule has 0 unspecified atom stereocenters. The molecule has 106 valence electrons. The Hall–Kier alpha value is -1.46. The van der Waals surface area contributed by atoms with Crippen molar-refractivity contribution in [3.8, 4) is 5.75 Å². The molecule has 0 aliphatic heterocycles. The summed E-state index contributed by atoms with van der Waals surface area (Å²) in [7, 11) is 0. The molecule has 0 radical (unpaired) electrons. The Bertz CT molecular complexity index is 608. The van der Waals surface area contributed by atoms with E-state index in [0.29, 0.717) is 11.6 Å². The summed E-state index contributed by atoms with van der Waals surface area (Å²) in [6, 6.07) is 7.98. The Morgan fingerprint density at radius 2 is 2.25 bits per heavy atom. The van der Waals surface area contributed by atoms with E-state index in [0.717, 1.165) is 34.2 Å². The van der Waals surface area contributed by atoms with Crippen LogP contribution in [0.4, 0.5) is 0 Å². The summed E-state index contributed by atoms with van der Waals surface area (Å²) in [4.78, 5) is 5.93. The molecule has 0 aliphatic rings. The summed E-state index contributed by atoms with van der Waals surface area (Å²) >= 11 is 6.61. The van der Waals surface area contributed by atoms with Gasteiger partial charge in [-0.1, -0.05) is 37.7 Å². The Morgan fingerprint density at radius 3 is 2.90 bits per heavy atom. The van der Waals surface area contributed by atoms with E-state index in [1.165, 1.54) is 16.9 Å². The fourth-order valence-electron chi connectivity index (χ4n) is 1.91. The molecule has 2 N–H and O–H groups in total. The third-order valence-electron chi connectivity index (χ3n) is 2.80. The van der Waals surface area contributed by atoms with E-state index in [4.69, 9.17) is 22.7 Å². The molecule has 20 heavy (non-hydrogen) atoms. The van der Waals surface area contributed by atoms with Crippen LogP contribution in [-0.4, -0.2) is 9.97 Å². The van der Waals surface area contributed by atoms with E-state index >= 15 is 0 Å². The van der Waals surface area contributed by atoms with Crippen LogP contribution in [0, 0.1) is 6.92 Å². The minimum Gasteiger partial charge on any atom is -0.486 e. The molecule has 3 nitrogen and oxygen atoms in total. The van der Waals surface area contributed by atoms with Crippen LogP contribution in [-0.2, 0) is 13.0 Å². The third kappa shape index (κ3) is 3.77. The molecule has 1 aromatic carbocycles. The Balaban J connectivity index is 2.09. The van der Waals surface area contributed by atoms with Gasteiger partial charge in [0.15, 0.2) is 0 Å². The number of aryl methyl sites for hydroxylation is 2. The van der Waals surface area contributed by atoms with Gasteiger partial charge in [-0.05, 0) is 31.0 Å². The van der Waals surface area contributed by atoms with Crippen molar-refractivity contribution in [3.05, 3.63) is 45.4 Å². The first-order valence-corrected chi connectivity index (χ1v) is 7.80. The van der Waals surface area contributed by atoms with Crippen LogP contribution in [0.25, 0.3) is 0 Å². The van der Waals surface area contributed by atoms with Gasteiger partial charge in [-0.3, -0.25) is 0 Å². The highest BCUT2D eigenvalue weighted by Gasteiger charge is 2.13. The molecule has 0 bridgehead atoms. The minimum atomic E-state index is 0.424. The van der Waals surface area contributed by atoms with E-state index in [1.807, 2.05) is 31.2 Å². The van der Waals surface area contributed by atoms with E-state index in [9.17, 15) is 0 Å². The zero-order valence-corrected chi connectivity index (χ0v) is 13.3. The first-order valence-electron chi connectivity index (χ1n) is 6.58. The number of nitrogens with two attached hydrogens (primary N) is 1. The van der Waals surface area contributed by atoms with Gasteiger partial charge in [-0.25, -0.2) is 4.98 Å². The summed E-state index contributed by atoms with van der Waals surface area (Å²) in [5.41, 5.74) is 7.92. The van der Waals surface area contributed by atoms with Crippen LogP contribution in [0.2, 0.25) is 0 Å². The highest BCUT2D eigenvalue weighted by Crippen LogP contribution is 2.22. The van der Waals surface area contributed by atoms with Gasteiger partial charge in [0.25, 0.3) is 0 Å². The Morgan fingerprint density at radius 1 is 1.45 bits per heavy atom. The number of thiocarbonyl (C=S) groups is 1. The molecule has 1 heterocycles. The van der Waals surface area contributed by atoms with Crippen molar-refractivity contribution in [2.75, 3.05) is 0 Å². The number of aromatic nitrogens is 1. The predicted octanol–water partition coefficient (Wildman–Crippen LogP) is 3.62. The van der Waals surface area contributed by atoms with Gasteiger partial charge in [0, 0.05) is 0 Å². The van der Waals surface area contributed by atoms with E-state index in [1.54, 1.807) is 0 Å². The molecule has 5 heteroatoms. The van der Waals surface area contributed by atoms with Gasteiger partial charge in [0.2, 0.25) is 0 Å². The zero-order chi connectivity index (χ0) is 14.5. The van der Waals surface area contributed by atoms with Gasteiger partial charge < -0.3 is 10.5 Å². The third-order valence-corrected chi connectivity index (χ3v) is 4.24. The number of nitrogens with zero attached hydrogens (tertiary/aromatic N) is 1. The summed E-state index contributed by atoms with van der Waals surface area (Å²) in [6.07, 6.45) is 1.92. The summed E-state index contributed by atoms with van der Waals surface area (Å²) in [5.74, 6) is 0.856. The lowest BCUT2D eigenvalue weighted by molar-refractivity contribution is 0.305. The molecule has 2 aromatic rings. The monoisotopic (exact) mass is 306 g/mol. The molecule has 0 spiro atoms. The number of rotatable bonds is 6. The molecule has 2 rings (SSSR count). The fraction of sp³-hybridized carbons (Fsp3) is 0.333. The molecule has 0 fully saturated rings. The quantitative estimate of drug-likeness (QED) is 0.828. The predicted molar refractivity (Wildman–Crippen MR) is 87.5 cm³/mol. The molecular weight excluding hydrogens is 288 g/mol. The topological polar surface area (TPSA) is 48.1 Å². The minimum absolute atomic E-state index is 0.424. The van der Waals surface area contributed by atoms with Crippen LogP contribution in [0.3, 0.4) is 0 Å². The first-order chi connectivity index (χ1) is 9.60. The second kappa shape index (κ2) is 6.81. The van der Waals surface area contributed by atoms with Crippen LogP contribution >= 0.6 is 23.6 Å². The second-order valence-electron chi connectivity index (χ2n) is 4.60. The molecule has 1 aromatic heterocycles. The molecule has 0 saturated carbocycles. The first kappa shape index (κ1) is 14.9. The van der Waals surface area contributed by atoms with Gasteiger partial charge in [-0.2, -0.15) is 0 Å². The lowest BCUT2D eigenvalue weighted by atomic mass is 10.2. The summed E-state index contributed by atoms with van der Waals surface area (Å²) in [5, 5.41) is 0.915. The van der Waals surface area contributed by atoms with Crippen molar-refractivity contribution in [2.24, 2.45) is 5.73 Å². The van der Waals surface area contributed by atoms with Gasteiger partial charge in [0.1, 0.15) is 22.4 Å². The van der Waals surface area contributed by atoms with Gasteiger partial charge >= 0.3 is 0 Å². The molecule has 0 amide bonds. The maximum Gasteiger partial charge on any atom is 0.140 e. The molecule has 0 saturated heterocycles. The van der Waals surface area contributed by atoms with Gasteiger partial charge in [0.05, 0.1) is 10.6 Å². The lowest BCUT2D eigenvalue weighted by Crippen LogP contribution is -2.09. The zero-order valence-electron chi connectivity index (χ0n) is 11.7. The number of thiazole rings is 1. The smallest absolute Gasteiger partial charge is 0.140 e. The Kier molecular flexibility index (Phi) is 5.09. The number of benzene rings is 1. The highest BCUT2D eigenvalue weighted by molar-refractivity contribution is 7.81. The van der Waals surface area contributed by atoms with Crippen molar-refractivity contribution in [1.82, 2.24) is 4.98 Å². The van der Waals surface area contributed by atoms with Crippen LogP contribution in [0.15, 0.2) is 24.3 Å². The number of ether oxygens (including phenoxy) is 1. The van der Waals surface area contributed by atoms with Crippen LogP contribution in [0.1, 0.15) is 34.5 Å². The van der Waals surface area contributed by atoms with Crippen molar-refractivity contribution < 1.29 is 4.74 Å². The van der Waals surface area contributed by atoms with Crippen molar-refractivity contribution in [3.63, 3.8) is 0 Å². The lowest BCUT2D eigenvalue weighted by Gasteiger charge is -2.04. The second-order valence-corrected chi connectivity index (χ2v) is 6.13. The maximum absolute atomic E-state index is 5.76. The summed E-state index contributed by atoms with van der Waals surface area (Å²) < 4.78 is 5.76. The van der Waals surface area contributed by atoms with E-state index in [2.05, 4.69) is 11.9 Å². The van der Waals surface area contributed by atoms with Crippen molar-refractivity contribution in [2.45, 2.75) is 33.3 Å². The normalized spacial score (nSPS) is 10.5. The Labute approximate surface area is 128 Å². The van der Waals surface area contributed by atoms with Crippen LogP contribution in [0.5, 0.6) is 5.75 Å².